The number of halogens is 1. The van der Waals surface area contributed by atoms with Gasteiger partial charge in [-0.25, -0.2) is 24.2 Å². The number of piperazine rings is 2. The van der Waals surface area contributed by atoms with Gasteiger partial charge in [0.1, 0.15) is 23.6 Å². The molecule has 282 valence electrons. The van der Waals surface area contributed by atoms with Crippen molar-refractivity contribution in [1.82, 2.24) is 39.9 Å². The molecule has 14 heteroatoms. The van der Waals surface area contributed by atoms with Crippen molar-refractivity contribution in [2.45, 2.75) is 56.5 Å². The number of fused-ring (bicyclic) bond motifs is 1. The fourth-order valence-corrected chi connectivity index (χ4v) is 8.08. The molecule has 2 unspecified atom stereocenters. The summed E-state index contributed by atoms with van der Waals surface area (Å²) in [4.78, 5) is 57.6. The molecule has 13 nitrogen and oxygen atoms in total. The third-order valence-electron chi connectivity index (χ3n) is 11.1. The van der Waals surface area contributed by atoms with Crippen LogP contribution in [0.1, 0.15) is 24.6 Å². The van der Waals surface area contributed by atoms with Crippen LogP contribution in [0, 0.1) is 0 Å². The zero-order chi connectivity index (χ0) is 37.1. The summed E-state index contributed by atoms with van der Waals surface area (Å²) in [6.45, 7) is 13.5. The Hall–Kier alpha value is -4.63. The number of aromatic nitrogens is 1. The highest BCUT2D eigenvalue weighted by Crippen LogP contribution is 2.35. The van der Waals surface area contributed by atoms with Gasteiger partial charge in [0.15, 0.2) is 6.17 Å². The number of carbonyl (C=O) groups is 3. The predicted molar refractivity (Wildman–Crippen MR) is 199 cm³/mol. The molecule has 0 radical (unpaired) electrons. The minimum Gasteiger partial charge on any atom is -0.382 e. The van der Waals surface area contributed by atoms with E-state index in [2.05, 4.69) is 33.5 Å². The number of allylic oxidation sites excluding steroid dienone is 2. The van der Waals surface area contributed by atoms with Gasteiger partial charge in [-0.3, -0.25) is 14.5 Å². The third kappa shape index (κ3) is 7.72. The maximum Gasteiger partial charge on any atom is 0.334 e. The van der Waals surface area contributed by atoms with Crippen molar-refractivity contribution in [2.75, 3.05) is 70.3 Å². The molecule has 2 aromatic rings. The lowest BCUT2D eigenvalue weighted by Crippen LogP contribution is -2.77. The van der Waals surface area contributed by atoms with Gasteiger partial charge in [0.05, 0.1) is 25.3 Å². The van der Waals surface area contributed by atoms with E-state index >= 15 is 4.39 Å². The molecular formula is C39H50FN9O4. The number of hydrazine groups is 1. The van der Waals surface area contributed by atoms with Crippen LogP contribution >= 0.6 is 0 Å². The number of nitrogens with zero attached hydrogens (tertiary/aromatic N) is 8. The van der Waals surface area contributed by atoms with E-state index in [0.717, 1.165) is 57.2 Å². The van der Waals surface area contributed by atoms with Gasteiger partial charge in [-0.1, -0.05) is 61.5 Å². The zero-order valence-corrected chi connectivity index (χ0v) is 30.3. The normalized spacial score (nSPS) is 27.2. The van der Waals surface area contributed by atoms with Crippen molar-refractivity contribution in [3.63, 3.8) is 0 Å². The van der Waals surface area contributed by atoms with Crippen molar-refractivity contribution in [3.05, 3.63) is 96.7 Å². The van der Waals surface area contributed by atoms with Gasteiger partial charge < -0.3 is 30.0 Å². The van der Waals surface area contributed by atoms with Crippen LogP contribution in [0.3, 0.4) is 0 Å². The van der Waals surface area contributed by atoms with E-state index in [1.54, 1.807) is 16.0 Å². The number of alkyl halides is 1. The van der Waals surface area contributed by atoms with Crippen LogP contribution in [0.25, 0.3) is 0 Å². The van der Waals surface area contributed by atoms with E-state index in [9.17, 15) is 19.5 Å². The molecular weight excluding hydrogens is 677 g/mol. The summed E-state index contributed by atoms with van der Waals surface area (Å²) in [6.07, 6.45) is 4.10. The van der Waals surface area contributed by atoms with Crippen LogP contribution in [0.4, 0.5) is 15.0 Å². The van der Waals surface area contributed by atoms with E-state index in [1.807, 2.05) is 48.5 Å². The first kappa shape index (κ1) is 36.7. The fraction of sp³-hybridized carbons (Fsp3) is 0.487. The minimum absolute atomic E-state index is 0.0118. The number of carbonyl (C=O) groups excluding carboxylic acids is 3. The van der Waals surface area contributed by atoms with Gasteiger partial charge >= 0.3 is 6.03 Å². The molecule has 4 atom stereocenters. The Morgan fingerprint density at radius 3 is 2.55 bits per heavy atom. The molecule has 1 aromatic heterocycles. The largest absolute Gasteiger partial charge is 0.382 e. The molecule has 4 saturated heterocycles. The molecule has 1 aliphatic carbocycles. The molecule has 2 N–H and O–H groups in total. The lowest BCUT2D eigenvalue weighted by Gasteiger charge is -2.55. The van der Waals surface area contributed by atoms with E-state index in [4.69, 9.17) is 4.98 Å². The van der Waals surface area contributed by atoms with Crippen LogP contribution in [0.2, 0.25) is 0 Å². The Kier molecular flexibility index (Phi) is 10.9. The summed E-state index contributed by atoms with van der Waals surface area (Å²) in [5.74, 6) is -0.0171. The molecule has 0 saturated carbocycles. The quantitative estimate of drug-likeness (QED) is 0.335. The highest BCUT2D eigenvalue weighted by atomic mass is 19.1. The molecule has 5 heterocycles. The van der Waals surface area contributed by atoms with Crippen LogP contribution in [-0.2, 0) is 22.7 Å². The molecule has 53 heavy (non-hydrogen) atoms. The second-order valence-corrected chi connectivity index (χ2v) is 14.5. The SMILES string of the molecule is C=CCN1CC(=O)N2[C@@H](CC3(O)C=CC=CC3F)C(=O)N(Cc3cccc(N4CC(N5CCN(CC)CC5)C4)n3)C[C@@H]2N1C(=O)NCc1ccccc1. The standard InChI is InChI=1S/C39H50FN9O4/c1-3-17-47-28-36(50)48-32(22-39(53)16-9-8-14-33(39)40)37(51)46(27-35(48)49(47)38(52)41-23-29-11-6-5-7-12-29)24-30-13-10-15-34(42-30)45-25-31(26-45)44-20-18-43(4-2)19-21-44/h3,5-16,31-33,35,53H,1,4,17-28H2,2H3,(H,41,52)/t32-,33?,35-,39?/m0/s1. The van der Waals surface area contributed by atoms with Crippen molar-refractivity contribution < 1.29 is 23.9 Å². The number of rotatable bonds is 11. The van der Waals surface area contributed by atoms with Crippen LogP contribution in [0.15, 0.2) is 85.5 Å². The third-order valence-corrected chi connectivity index (χ3v) is 11.1. The highest BCUT2D eigenvalue weighted by Gasteiger charge is 2.54. The lowest BCUT2D eigenvalue weighted by molar-refractivity contribution is -0.193. The molecule has 4 fully saturated rings. The van der Waals surface area contributed by atoms with Gasteiger partial charge in [-0.05, 0) is 36.4 Å². The predicted octanol–water partition coefficient (Wildman–Crippen LogP) is 1.99. The average molecular weight is 728 g/mol. The Bertz CT molecular complexity index is 1710. The molecule has 4 aliphatic heterocycles. The number of hydrogen-bond donors (Lipinski definition) is 2. The van der Waals surface area contributed by atoms with Crippen molar-refractivity contribution in [2.24, 2.45) is 0 Å². The first-order valence-corrected chi connectivity index (χ1v) is 18.6. The van der Waals surface area contributed by atoms with E-state index in [0.29, 0.717) is 11.7 Å². The van der Waals surface area contributed by atoms with Crippen molar-refractivity contribution >= 4 is 23.7 Å². The summed E-state index contributed by atoms with van der Waals surface area (Å²) in [5.41, 5.74) is -0.487. The van der Waals surface area contributed by atoms with Crippen LogP contribution in [-0.4, -0.2) is 153 Å². The number of urea groups is 1. The van der Waals surface area contributed by atoms with Gasteiger partial charge in [-0.15, -0.1) is 6.58 Å². The maximum atomic E-state index is 15.3. The monoisotopic (exact) mass is 727 g/mol. The van der Waals surface area contributed by atoms with Crippen molar-refractivity contribution in [1.29, 1.82) is 0 Å². The minimum atomic E-state index is -2.03. The van der Waals surface area contributed by atoms with E-state index in [-0.39, 0.29) is 39.1 Å². The second-order valence-electron chi connectivity index (χ2n) is 14.5. The Balaban J connectivity index is 1.13. The Morgan fingerprint density at radius 1 is 1.06 bits per heavy atom. The smallest absolute Gasteiger partial charge is 0.334 e. The molecule has 1 aromatic carbocycles. The van der Waals surface area contributed by atoms with E-state index in [1.165, 1.54) is 34.2 Å². The Labute approximate surface area is 310 Å². The second kappa shape index (κ2) is 15.8. The fourth-order valence-electron chi connectivity index (χ4n) is 8.08. The number of anilines is 1. The summed E-state index contributed by atoms with van der Waals surface area (Å²) >= 11 is 0. The lowest BCUT2D eigenvalue weighted by atomic mass is 9.84. The first-order chi connectivity index (χ1) is 25.7. The summed E-state index contributed by atoms with van der Waals surface area (Å²) in [5, 5.41) is 17.5. The maximum absolute atomic E-state index is 15.3. The summed E-state index contributed by atoms with van der Waals surface area (Å²) in [7, 11) is 0. The zero-order valence-electron chi connectivity index (χ0n) is 30.3. The van der Waals surface area contributed by atoms with Crippen LogP contribution < -0.4 is 10.2 Å². The van der Waals surface area contributed by atoms with Gasteiger partial charge in [-0.2, -0.15) is 0 Å². The number of benzene rings is 1. The number of hydrogen-bond acceptors (Lipinski definition) is 9. The highest BCUT2D eigenvalue weighted by molar-refractivity contribution is 5.91. The first-order valence-electron chi connectivity index (χ1n) is 18.6. The summed E-state index contributed by atoms with van der Waals surface area (Å²) < 4.78 is 15.3. The number of likely N-dealkylation sites (N-methyl/N-ethyl adjacent to an activating group) is 1. The molecule has 0 bridgehead atoms. The molecule has 0 spiro atoms. The van der Waals surface area contributed by atoms with Crippen LogP contribution in [0.5, 0.6) is 0 Å². The van der Waals surface area contributed by atoms with Gasteiger partial charge in [0.2, 0.25) is 11.8 Å². The number of pyridine rings is 1. The van der Waals surface area contributed by atoms with Gasteiger partial charge in [0.25, 0.3) is 0 Å². The summed E-state index contributed by atoms with van der Waals surface area (Å²) in [6, 6.07) is 14.0. The van der Waals surface area contributed by atoms with E-state index < -0.39 is 41.8 Å². The van der Waals surface area contributed by atoms with Crippen molar-refractivity contribution in [3.8, 4) is 0 Å². The number of nitrogens with one attached hydrogen (secondary N) is 1. The average Bonchev–Trinajstić information content (AvgIpc) is 3.14. The molecule has 4 amide bonds. The topological polar surface area (TPSA) is 119 Å². The Morgan fingerprint density at radius 2 is 1.83 bits per heavy atom. The molecule has 5 aliphatic rings. The number of aliphatic hydroxyl groups is 1. The number of amides is 4. The van der Waals surface area contributed by atoms with Gasteiger partial charge in [0, 0.05) is 64.8 Å². The molecule has 7 rings (SSSR count).